The van der Waals surface area contributed by atoms with Crippen molar-refractivity contribution in [1.29, 1.82) is 0 Å². The lowest BCUT2D eigenvalue weighted by Gasteiger charge is -2.20. The highest BCUT2D eigenvalue weighted by molar-refractivity contribution is 6.35. The third-order valence-corrected chi connectivity index (χ3v) is 6.44. The van der Waals surface area contributed by atoms with Gasteiger partial charge >= 0.3 is 0 Å². The molecule has 2 amide bonds. The Labute approximate surface area is 197 Å². The van der Waals surface area contributed by atoms with Crippen LogP contribution in [0, 0.1) is 6.92 Å². The molecular formula is C27H25ClN2O3. The van der Waals surface area contributed by atoms with Gasteiger partial charge in [0, 0.05) is 21.8 Å². The van der Waals surface area contributed by atoms with Crippen LogP contribution in [0.3, 0.4) is 0 Å². The van der Waals surface area contributed by atoms with E-state index in [1.165, 1.54) is 6.08 Å². The Morgan fingerprint density at radius 1 is 1.15 bits per heavy atom. The van der Waals surface area contributed by atoms with Gasteiger partial charge in [-0.05, 0) is 84.3 Å². The van der Waals surface area contributed by atoms with E-state index < -0.39 is 11.5 Å². The number of rotatable bonds is 5. The van der Waals surface area contributed by atoms with E-state index in [1.807, 2.05) is 43.3 Å². The van der Waals surface area contributed by atoms with Crippen molar-refractivity contribution in [2.75, 3.05) is 5.32 Å². The number of hydrogen-bond acceptors (Lipinski definition) is 3. The molecule has 0 fully saturated rings. The highest BCUT2D eigenvalue weighted by Gasteiger charge is 2.30. The normalized spacial score (nSPS) is 12.2. The summed E-state index contributed by atoms with van der Waals surface area (Å²) >= 11 is 6.77. The number of amides is 2. The van der Waals surface area contributed by atoms with E-state index in [-0.39, 0.29) is 5.91 Å². The van der Waals surface area contributed by atoms with Gasteiger partial charge < -0.3 is 16.2 Å². The minimum Gasteiger partial charge on any atom is -0.386 e. The molecule has 0 atom stereocenters. The number of hydrogen-bond donors (Lipinski definition) is 3. The van der Waals surface area contributed by atoms with Crippen molar-refractivity contribution in [3.05, 3.63) is 88.0 Å². The van der Waals surface area contributed by atoms with E-state index in [0.717, 1.165) is 44.5 Å². The second-order valence-electron chi connectivity index (χ2n) is 8.78. The first kappa shape index (κ1) is 22.8. The lowest BCUT2D eigenvalue weighted by atomic mass is 9.88. The SMILES string of the molecule is C=CC(=O)Nc1cccc(-c2c(Cl)cc(C(N)=O)c3c2-c2ccc(C(C)(C)O)cc2C3)c1C. The van der Waals surface area contributed by atoms with Crippen molar-refractivity contribution >= 4 is 29.1 Å². The van der Waals surface area contributed by atoms with Crippen LogP contribution in [0.2, 0.25) is 5.02 Å². The molecule has 0 aliphatic heterocycles. The van der Waals surface area contributed by atoms with Crippen LogP contribution in [0.4, 0.5) is 5.69 Å². The van der Waals surface area contributed by atoms with E-state index in [1.54, 1.807) is 19.9 Å². The van der Waals surface area contributed by atoms with E-state index in [9.17, 15) is 14.7 Å². The summed E-state index contributed by atoms with van der Waals surface area (Å²) in [5, 5.41) is 13.7. The number of anilines is 1. The number of nitrogens with two attached hydrogens (primary N) is 1. The third kappa shape index (κ3) is 3.94. The van der Waals surface area contributed by atoms with Gasteiger partial charge in [-0.2, -0.15) is 0 Å². The smallest absolute Gasteiger partial charge is 0.249 e. The third-order valence-electron chi connectivity index (χ3n) is 6.15. The summed E-state index contributed by atoms with van der Waals surface area (Å²) in [5.41, 5.74) is 12.6. The van der Waals surface area contributed by atoms with E-state index in [0.29, 0.717) is 22.7 Å². The van der Waals surface area contributed by atoms with Gasteiger partial charge in [0.05, 0.1) is 5.60 Å². The first-order chi connectivity index (χ1) is 15.5. The zero-order chi connectivity index (χ0) is 24.1. The van der Waals surface area contributed by atoms with Crippen LogP contribution < -0.4 is 11.1 Å². The number of benzene rings is 3. The number of primary amides is 1. The molecule has 0 saturated heterocycles. The Morgan fingerprint density at radius 2 is 1.88 bits per heavy atom. The molecule has 0 saturated carbocycles. The van der Waals surface area contributed by atoms with Crippen molar-refractivity contribution in [2.45, 2.75) is 32.8 Å². The summed E-state index contributed by atoms with van der Waals surface area (Å²) in [6.45, 7) is 8.89. The van der Waals surface area contributed by atoms with Crippen LogP contribution in [0.15, 0.2) is 55.1 Å². The Morgan fingerprint density at radius 3 is 2.52 bits per heavy atom. The Balaban J connectivity index is 2.00. The van der Waals surface area contributed by atoms with Crippen molar-refractivity contribution in [2.24, 2.45) is 5.73 Å². The Bertz CT molecular complexity index is 1340. The van der Waals surface area contributed by atoms with Gasteiger partial charge in [-0.15, -0.1) is 0 Å². The number of aliphatic hydroxyl groups is 1. The van der Waals surface area contributed by atoms with Gasteiger partial charge in [0.25, 0.3) is 0 Å². The number of carbonyl (C=O) groups is 2. The van der Waals surface area contributed by atoms with Crippen LogP contribution in [-0.2, 0) is 16.8 Å². The molecule has 33 heavy (non-hydrogen) atoms. The minimum atomic E-state index is -0.995. The molecule has 4 rings (SSSR count). The molecule has 4 N–H and O–H groups in total. The zero-order valence-electron chi connectivity index (χ0n) is 18.8. The molecule has 3 aromatic carbocycles. The molecule has 0 aromatic heterocycles. The molecule has 0 spiro atoms. The topological polar surface area (TPSA) is 92.4 Å². The van der Waals surface area contributed by atoms with Gasteiger partial charge in [0.2, 0.25) is 11.8 Å². The number of carbonyl (C=O) groups excluding carboxylic acids is 2. The fourth-order valence-electron chi connectivity index (χ4n) is 4.44. The molecule has 0 unspecified atom stereocenters. The lowest BCUT2D eigenvalue weighted by Crippen LogP contribution is -2.15. The highest BCUT2D eigenvalue weighted by atomic mass is 35.5. The van der Waals surface area contributed by atoms with E-state index in [2.05, 4.69) is 11.9 Å². The van der Waals surface area contributed by atoms with Crippen molar-refractivity contribution in [1.82, 2.24) is 0 Å². The number of halogens is 1. The molecule has 1 aliphatic rings. The first-order valence-corrected chi connectivity index (χ1v) is 11.0. The summed E-state index contributed by atoms with van der Waals surface area (Å²) in [5.74, 6) is -0.848. The fourth-order valence-corrected chi connectivity index (χ4v) is 4.74. The predicted octanol–water partition coefficient (Wildman–Crippen LogP) is 5.34. The summed E-state index contributed by atoms with van der Waals surface area (Å²) in [6, 6.07) is 13.0. The molecular weight excluding hydrogens is 436 g/mol. The molecule has 168 valence electrons. The van der Waals surface area contributed by atoms with Crippen LogP contribution in [0.5, 0.6) is 0 Å². The highest BCUT2D eigenvalue weighted by Crippen LogP contribution is 2.49. The average molecular weight is 461 g/mol. The average Bonchev–Trinajstić information content (AvgIpc) is 3.13. The van der Waals surface area contributed by atoms with Crippen LogP contribution in [-0.4, -0.2) is 16.9 Å². The molecule has 3 aromatic rings. The zero-order valence-corrected chi connectivity index (χ0v) is 19.5. The first-order valence-electron chi connectivity index (χ1n) is 10.6. The van der Waals surface area contributed by atoms with Gasteiger partial charge in [0.1, 0.15) is 0 Å². The molecule has 0 heterocycles. The number of fused-ring (bicyclic) bond motifs is 3. The Kier molecular flexibility index (Phi) is 5.64. The Hall–Kier alpha value is -3.41. The second-order valence-corrected chi connectivity index (χ2v) is 9.19. The maximum absolute atomic E-state index is 12.3. The second kappa shape index (κ2) is 8.18. The maximum atomic E-state index is 12.3. The fraction of sp³-hybridized carbons (Fsp3) is 0.185. The van der Waals surface area contributed by atoms with Crippen molar-refractivity contribution in [3.63, 3.8) is 0 Å². The predicted molar refractivity (Wildman–Crippen MR) is 132 cm³/mol. The van der Waals surface area contributed by atoms with Gasteiger partial charge in [0.15, 0.2) is 0 Å². The minimum absolute atomic E-state index is 0.305. The van der Waals surface area contributed by atoms with Crippen LogP contribution in [0.25, 0.3) is 22.3 Å². The van der Waals surface area contributed by atoms with E-state index in [4.69, 9.17) is 17.3 Å². The molecule has 0 radical (unpaired) electrons. The molecule has 1 aliphatic carbocycles. The standard InChI is InChI=1S/C27H25ClN2O3/c1-5-23(31)30-22-8-6-7-17(14(22)2)25-21(28)13-20(26(29)32)19-12-15-11-16(27(3,4)33)9-10-18(15)24(19)25/h5-11,13,33H,1,12H2,2-4H3,(H2,29,32)(H,30,31). The summed E-state index contributed by atoms with van der Waals surface area (Å²) in [6.07, 6.45) is 1.72. The van der Waals surface area contributed by atoms with Gasteiger partial charge in [-0.1, -0.05) is 48.5 Å². The van der Waals surface area contributed by atoms with Crippen LogP contribution >= 0.6 is 11.6 Å². The van der Waals surface area contributed by atoms with Crippen molar-refractivity contribution in [3.8, 4) is 22.3 Å². The van der Waals surface area contributed by atoms with E-state index >= 15 is 0 Å². The largest absolute Gasteiger partial charge is 0.386 e. The van der Waals surface area contributed by atoms with Crippen LogP contribution in [0.1, 0.15) is 46.5 Å². The summed E-state index contributed by atoms with van der Waals surface area (Å²) in [4.78, 5) is 24.2. The molecule has 0 bridgehead atoms. The monoisotopic (exact) mass is 460 g/mol. The van der Waals surface area contributed by atoms with Crippen molar-refractivity contribution < 1.29 is 14.7 Å². The molecule has 5 nitrogen and oxygen atoms in total. The van der Waals surface area contributed by atoms with Gasteiger partial charge in [-0.3, -0.25) is 9.59 Å². The summed E-state index contributed by atoms with van der Waals surface area (Å²) < 4.78 is 0. The number of nitrogens with one attached hydrogen (secondary N) is 1. The summed E-state index contributed by atoms with van der Waals surface area (Å²) in [7, 11) is 0. The molecule has 6 heteroatoms. The van der Waals surface area contributed by atoms with Gasteiger partial charge in [-0.25, -0.2) is 0 Å². The quantitative estimate of drug-likeness (QED) is 0.351. The maximum Gasteiger partial charge on any atom is 0.249 e. The lowest BCUT2D eigenvalue weighted by molar-refractivity contribution is -0.111.